The number of carbonyl (C=O) groups excluding carboxylic acids is 1. The van der Waals surface area contributed by atoms with E-state index >= 15 is 0 Å². The second-order valence-corrected chi connectivity index (χ2v) is 6.15. The number of hydrogen-bond donors (Lipinski definition) is 3. The fraction of sp³-hybridized carbons (Fsp3) is 0.136. The first kappa shape index (κ1) is 18.3. The van der Waals surface area contributed by atoms with Crippen molar-refractivity contribution < 1.29 is 14.6 Å². The number of nitrogens with one attached hydrogen (secondary N) is 2. The lowest BCUT2D eigenvalue weighted by molar-refractivity contribution is -0.115. The number of para-hydroxylation sites is 1. The van der Waals surface area contributed by atoms with Crippen LogP contribution in [0, 0.1) is 0 Å². The Labute approximate surface area is 158 Å². The first-order chi connectivity index (χ1) is 13.1. The number of anilines is 2. The summed E-state index contributed by atoms with van der Waals surface area (Å²) in [4.78, 5) is 12.1. The highest BCUT2D eigenvalue weighted by Gasteiger charge is 2.05. The van der Waals surface area contributed by atoms with Crippen molar-refractivity contribution in [2.45, 2.75) is 13.0 Å². The summed E-state index contributed by atoms with van der Waals surface area (Å²) in [5, 5.41) is 15.8. The van der Waals surface area contributed by atoms with E-state index in [1.54, 1.807) is 12.1 Å². The summed E-state index contributed by atoms with van der Waals surface area (Å²) in [5.41, 5.74) is 3.69. The summed E-state index contributed by atoms with van der Waals surface area (Å²) in [6, 6.07) is 22.4. The molecule has 3 N–H and O–H groups in total. The molecule has 27 heavy (non-hydrogen) atoms. The van der Waals surface area contributed by atoms with Crippen molar-refractivity contribution in [3.63, 3.8) is 0 Å². The van der Waals surface area contributed by atoms with Gasteiger partial charge in [-0.3, -0.25) is 4.79 Å². The van der Waals surface area contributed by atoms with Crippen LogP contribution in [0.4, 0.5) is 11.4 Å². The SMILES string of the molecule is COc1cc(CNc2ccc(CC(=O)Nc3ccccc3)cc2)ccc1O. The molecule has 138 valence electrons. The molecule has 0 bridgehead atoms. The topological polar surface area (TPSA) is 70.6 Å². The minimum Gasteiger partial charge on any atom is -0.504 e. The first-order valence-corrected chi connectivity index (χ1v) is 8.67. The Morgan fingerprint density at radius 1 is 0.926 bits per heavy atom. The van der Waals surface area contributed by atoms with Crippen molar-refractivity contribution in [3.8, 4) is 11.5 Å². The van der Waals surface area contributed by atoms with Crippen LogP contribution in [0.25, 0.3) is 0 Å². The Hall–Kier alpha value is -3.47. The smallest absolute Gasteiger partial charge is 0.228 e. The minimum atomic E-state index is -0.0434. The number of phenolic OH excluding ortho intramolecular Hbond substituents is 1. The lowest BCUT2D eigenvalue weighted by Crippen LogP contribution is -2.14. The number of methoxy groups -OCH3 is 1. The van der Waals surface area contributed by atoms with E-state index in [1.807, 2.05) is 60.7 Å². The fourth-order valence-electron chi connectivity index (χ4n) is 2.69. The molecule has 0 aliphatic rings. The molecule has 0 fully saturated rings. The Morgan fingerprint density at radius 3 is 2.33 bits per heavy atom. The standard InChI is InChI=1S/C22H22N2O3/c1-27-21-13-17(9-12-20(21)25)15-23-18-10-7-16(8-11-18)14-22(26)24-19-5-3-2-4-6-19/h2-13,23,25H,14-15H2,1H3,(H,24,26). The number of carbonyl (C=O) groups is 1. The van der Waals surface area contributed by atoms with Crippen LogP contribution < -0.4 is 15.4 Å². The van der Waals surface area contributed by atoms with Crippen LogP contribution in [0.2, 0.25) is 0 Å². The molecular weight excluding hydrogens is 340 g/mol. The first-order valence-electron chi connectivity index (χ1n) is 8.67. The molecule has 0 saturated carbocycles. The Bertz CT molecular complexity index is 893. The molecule has 0 atom stereocenters. The summed E-state index contributed by atoms with van der Waals surface area (Å²) < 4.78 is 5.12. The number of rotatable bonds is 7. The molecule has 0 aliphatic heterocycles. The maximum atomic E-state index is 12.1. The van der Waals surface area contributed by atoms with E-state index in [2.05, 4.69) is 10.6 Å². The van der Waals surface area contributed by atoms with Crippen molar-refractivity contribution in [3.05, 3.63) is 83.9 Å². The van der Waals surface area contributed by atoms with Gasteiger partial charge in [-0.05, 0) is 47.5 Å². The summed E-state index contributed by atoms with van der Waals surface area (Å²) in [6.07, 6.45) is 0.324. The number of amides is 1. The van der Waals surface area contributed by atoms with E-state index in [9.17, 15) is 9.90 Å². The molecule has 0 saturated heterocycles. The number of phenols is 1. The van der Waals surface area contributed by atoms with Gasteiger partial charge in [0, 0.05) is 17.9 Å². The van der Waals surface area contributed by atoms with E-state index in [0.29, 0.717) is 18.7 Å². The van der Waals surface area contributed by atoms with Gasteiger partial charge in [0.2, 0.25) is 5.91 Å². The highest BCUT2D eigenvalue weighted by Crippen LogP contribution is 2.26. The van der Waals surface area contributed by atoms with Gasteiger partial charge >= 0.3 is 0 Å². The number of hydrogen-bond acceptors (Lipinski definition) is 4. The van der Waals surface area contributed by atoms with Crippen LogP contribution in [0.1, 0.15) is 11.1 Å². The third-order valence-electron chi connectivity index (χ3n) is 4.12. The van der Waals surface area contributed by atoms with Crippen LogP contribution in [0.3, 0.4) is 0 Å². The fourth-order valence-corrected chi connectivity index (χ4v) is 2.69. The van der Waals surface area contributed by atoms with Gasteiger partial charge in [0.25, 0.3) is 0 Å². The van der Waals surface area contributed by atoms with Gasteiger partial charge < -0.3 is 20.5 Å². The summed E-state index contributed by atoms with van der Waals surface area (Å²) in [6.45, 7) is 0.602. The number of aromatic hydroxyl groups is 1. The molecule has 0 radical (unpaired) electrons. The molecule has 5 heteroatoms. The van der Waals surface area contributed by atoms with Crippen LogP contribution in [-0.2, 0) is 17.8 Å². The van der Waals surface area contributed by atoms with E-state index in [0.717, 1.165) is 22.5 Å². The second kappa shape index (κ2) is 8.76. The maximum absolute atomic E-state index is 12.1. The predicted octanol–water partition coefficient (Wildman–Crippen LogP) is 4.19. The summed E-state index contributed by atoms with van der Waals surface area (Å²) in [5.74, 6) is 0.534. The van der Waals surface area contributed by atoms with Gasteiger partial charge in [-0.25, -0.2) is 0 Å². The predicted molar refractivity (Wildman–Crippen MR) is 107 cm³/mol. The van der Waals surface area contributed by atoms with Gasteiger partial charge in [0.05, 0.1) is 13.5 Å². The Kier molecular flexibility index (Phi) is 5.94. The van der Waals surface area contributed by atoms with Crippen molar-refractivity contribution >= 4 is 17.3 Å². The molecule has 5 nitrogen and oxygen atoms in total. The Balaban J connectivity index is 1.53. The lowest BCUT2D eigenvalue weighted by Gasteiger charge is -2.10. The van der Waals surface area contributed by atoms with E-state index in [1.165, 1.54) is 7.11 Å². The maximum Gasteiger partial charge on any atom is 0.228 e. The van der Waals surface area contributed by atoms with E-state index < -0.39 is 0 Å². The van der Waals surface area contributed by atoms with Gasteiger partial charge in [-0.15, -0.1) is 0 Å². The second-order valence-electron chi connectivity index (χ2n) is 6.15. The van der Waals surface area contributed by atoms with E-state index in [-0.39, 0.29) is 11.7 Å². The zero-order valence-corrected chi connectivity index (χ0v) is 15.1. The number of ether oxygens (including phenoxy) is 1. The summed E-state index contributed by atoms with van der Waals surface area (Å²) >= 11 is 0. The van der Waals surface area contributed by atoms with Gasteiger partial charge in [0.15, 0.2) is 11.5 Å². The van der Waals surface area contributed by atoms with E-state index in [4.69, 9.17) is 4.74 Å². The molecule has 0 unspecified atom stereocenters. The molecule has 3 aromatic carbocycles. The quantitative estimate of drug-likeness (QED) is 0.589. The largest absolute Gasteiger partial charge is 0.504 e. The van der Waals surface area contributed by atoms with Crippen molar-refractivity contribution in [2.75, 3.05) is 17.7 Å². The molecule has 3 aromatic rings. The molecule has 3 rings (SSSR count). The zero-order chi connectivity index (χ0) is 19.1. The van der Waals surface area contributed by atoms with Crippen LogP contribution in [0.5, 0.6) is 11.5 Å². The molecular formula is C22H22N2O3. The zero-order valence-electron chi connectivity index (χ0n) is 15.1. The molecule has 0 heterocycles. The normalized spacial score (nSPS) is 10.3. The lowest BCUT2D eigenvalue weighted by atomic mass is 10.1. The highest BCUT2D eigenvalue weighted by atomic mass is 16.5. The molecule has 0 aliphatic carbocycles. The third-order valence-corrected chi connectivity index (χ3v) is 4.12. The Morgan fingerprint density at radius 2 is 1.63 bits per heavy atom. The average Bonchev–Trinajstić information content (AvgIpc) is 2.69. The van der Waals surface area contributed by atoms with Crippen LogP contribution in [0.15, 0.2) is 72.8 Å². The molecule has 0 spiro atoms. The van der Waals surface area contributed by atoms with Crippen LogP contribution in [-0.4, -0.2) is 18.1 Å². The minimum absolute atomic E-state index is 0.0434. The van der Waals surface area contributed by atoms with Gasteiger partial charge in [0.1, 0.15) is 0 Å². The van der Waals surface area contributed by atoms with Crippen molar-refractivity contribution in [2.24, 2.45) is 0 Å². The van der Waals surface area contributed by atoms with Crippen LogP contribution >= 0.6 is 0 Å². The van der Waals surface area contributed by atoms with Crippen molar-refractivity contribution in [1.29, 1.82) is 0 Å². The highest BCUT2D eigenvalue weighted by molar-refractivity contribution is 5.92. The number of benzene rings is 3. The van der Waals surface area contributed by atoms with Gasteiger partial charge in [-0.2, -0.15) is 0 Å². The van der Waals surface area contributed by atoms with Gasteiger partial charge in [-0.1, -0.05) is 36.4 Å². The molecule has 0 aromatic heterocycles. The third kappa shape index (κ3) is 5.25. The molecule has 1 amide bonds. The average molecular weight is 362 g/mol. The van der Waals surface area contributed by atoms with Crippen molar-refractivity contribution in [1.82, 2.24) is 0 Å². The monoisotopic (exact) mass is 362 g/mol. The summed E-state index contributed by atoms with van der Waals surface area (Å²) in [7, 11) is 1.53.